The summed E-state index contributed by atoms with van der Waals surface area (Å²) in [7, 11) is 1.11. The van der Waals surface area contributed by atoms with Crippen molar-refractivity contribution in [2.24, 2.45) is 0 Å². The first-order valence-electron chi connectivity index (χ1n) is 2.95. The van der Waals surface area contributed by atoms with Crippen LogP contribution in [0.1, 0.15) is 6.42 Å². The Balaban J connectivity index is 4.20. The number of nitrogens with zero attached hydrogens (tertiary/aromatic N) is 1. The molecule has 0 bridgehead atoms. The summed E-state index contributed by atoms with van der Waals surface area (Å²) in [5.41, 5.74) is 0. The van der Waals surface area contributed by atoms with Crippen LogP contribution in [0, 0.1) is 10.1 Å². The highest BCUT2D eigenvalue weighted by Gasteiger charge is 2.28. The lowest BCUT2D eigenvalue weighted by atomic mass is 10.2. The SMILES string of the molecule is C=CCC(C(=O)OC)[N+](=O)[O-]. The largest absolute Gasteiger partial charge is 0.464 e. The van der Waals surface area contributed by atoms with E-state index in [1.807, 2.05) is 0 Å². The van der Waals surface area contributed by atoms with Crippen LogP contribution >= 0.6 is 0 Å². The van der Waals surface area contributed by atoms with Crippen LogP contribution in [0.5, 0.6) is 0 Å². The Morgan fingerprint density at radius 1 is 1.91 bits per heavy atom. The molecule has 0 saturated carbocycles. The van der Waals surface area contributed by atoms with Crippen LogP contribution < -0.4 is 0 Å². The smallest absolute Gasteiger partial charge is 0.381 e. The summed E-state index contributed by atoms with van der Waals surface area (Å²) in [5.74, 6) is -0.838. The second kappa shape index (κ2) is 4.43. The molecular weight excluding hydrogens is 150 g/mol. The summed E-state index contributed by atoms with van der Waals surface area (Å²) in [6.45, 7) is 3.29. The lowest BCUT2D eigenvalue weighted by Gasteiger charge is -2.02. The molecule has 5 nitrogen and oxygen atoms in total. The van der Waals surface area contributed by atoms with Crippen LogP contribution in [0.25, 0.3) is 0 Å². The highest BCUT2D eigenvalue weighted by molar-refractivity contribution is 5.74. The Bertz CT molecular complexity index is 177. The van der Waals surface area contributed by atoms with E-state index in [1.54, 1.807) is 0 Å². The van der Waals surface area contributed by atoms with Gasteiger partial charge in [0, 0.05) is 11.3 Å². The average Bonchev–Trinajstić information content (AvgIpc) is 1.98. The van der Waals surface area contributed by atoms with Crippen molar-refractivity contribution in [3.05, 3.63) is 22.8 Å². The Labute approximate surface area is 63.8 Å². The van der Waals surface area contributed by atoms with Gasteiger partial charge < -0.3 is 4.74 Å². The molecule has 0 aromatic carbocycles. The molecule has 1 unspecified atom stereocenters. The molecule has 0 saturated heterocycles. The third-order valence-electron chi connectivity index (χ3n) is 1.12. The normalized spacial score (nSPS) is 11.7. The quantitative estimate of drug-likeness (QED) is 0.257. The van der Waals surface area contributed by atoms with Crippen molar-refractivity contribution >= 4 is 5.97 Å². The molecule has 0 aromatic heterocycles. The van der Waals surface area contributed by atoms with Gasteiger partial charge in [-0.1, -0.05) is 6.08 Å². The van der Waals surface area contributed by atoms with E-state index in [-0.39, 0.29) is 6.42 Å². The summed E-state index contributed by atoms with van der Waals surface area (Å²) >= 11 is 0. The fourth-order valence-electron chi connectivity index (χ4n) is 0.562. The molecule has 62 valence electrons. The van der Waals surface area contributed by atoms with Gasteiger partial charge >= 0.3 is 12.0 Å². The molecule has 0 aromatic rings. The highest BCUT2D eigenvalue weighted by Crippen LogP contribution is 1.99. The molecular formula is C6H9NO4. The zero-order chi connectivity index (χ0) is 8.85. The molecule has 11 heavy (non-hydrogen) atoms. The fraction of sp³-hybridized carbons (Fsp3) is 0.500. The lowest BCUT2D eigenvalue weighted by molar-refractivity contribution is -0.509. The minimum atomic E-state index is -1.31. The number of carbonyl (C=O) groups is 1. The zero-order valence-corrected chi connectivity index (χ0v) is 6.15. The zero-order valence-electron chi connectivity index (χ0n) is 6.15. The van der Waals surface area contributed by atoms with Crippen LogP contribution in [0.15, 0.2) is 12.7 Å². The van der Waals surface area contributed by atoms with Gasteiger partial charge in [0.05, 0.1) is 7.11 Å². The molecule has 0 aliphatic carbocycles. The van der Waals surface area contributed by atoms with E-state index in [0.717, 1.165) is 7.11 Å². The molecule has 0 radical (unpaired) electrons. The molecule has 0 fully saturated rings. The van der Waals surface area contributed by atoms with Crippen molar-refractivity contribution < 1.29 is 14.5 Å². The van der Waals surface area contributed by atoms with Crippen molar-refractivity contribution in [2.75, 3.05) is 7.11 Å². The van der Waals surface area contributed by atoms with Gasteiger partial charge in [0.1, 0.15) is 0 Å². The summed E-state index contributed by atoms with van der Waals surface area (Å²) < 4.78 is 4.20. The maximum Gasteiger partial charge on any atom is 0.381 e. The average molecular weight is 159 g/mol. The van der Waals surface area contributed by atoms with Crippen molar-refractivity contribution in [3.63, 3.8) is 0 Å². The van der Waals surface area contributed by atoms with Crippen LogP contribution in [0.2, 0.25) is 0 Å². The highest BCUT2D eigenvalue weighted by atomic mass is 16.6. The van der Waals surface area contributed by atoms with E-state index in [1.165, 1.54) is 6.08 Å². The molecule has 1 atom stereocenters. The third kappa shape index (κ3) is 2.79. The first-order chi connectivity index (χ1) is 5.13. The van der Waals surface area contributed by atoms with Gasteiger partial charge in [-0.2, -0.15) is 0 Å². The van der Waals surface area contributed by atoms with Crippen molar-refractivity contribution in [1.29, 1.82) is 0 Å². The van der Waals surface area contributed by atoms with Gasteiger partial charge in [0.15, 0.2) is 0 Å². The third-order valence-corrected chi connectivity index (χ3v) is 1.12. The van der Waals surface area contributed by atoms with Gasteiger partial charge in [-0.05, 0) is 0 Å². The minimum Gasteiger partial charge on any atom is -0.464 e. The Morgan fingerprint density at radius 2 is 2.45 bits per heavy atom. The van der Waals surface area contributed by atoms with E-state index in [2.05, 4.69) is 11.3 Å². The number of nitro groups is 1. The number of methoxy groups -OCH3 is 1. The van der Waals surface area contributed by atoms with Crippen LogP contribution in [0.4, 0.5) is 0 Å². The summed E-state index contributed by atoms with van der Waals surface area (Å²) in [4.78, 5) is 20.1. The number of rotatable bonds is 4. The van der Waals surface area contributed by atoms with Gasteiger partial charge in [0.2, 0.25) is 0 Å². The molecule has 0 aliphatic rings. The van der Waals surface area contributed by atoms with Crippen LogP contribution in [-0.2, 0) is 9.53 Å². The Kier molecular flexibility index (Phi) is 3.87. The molecule has 0 amide bonds. The molecule has 0 heterocycles. The molecule has 0 rings (SSSR count). The summed E-state index contributed by atoms with van der Waals surface area (Å²) in [6, 6.07) is -1.31. The molecule has 0 spiro atoms. The predicted molar refractivity (Wildman–Crippen MR) is 37.6 cm³/mol. The molecule has 5 heteroatoms. The number of hydrogen-bond acceptors (Lipinski definition) is 4. The van der Waals surface area contributed by atoms with Gasteiger partial charge in [0.25, 0.3) is 0 Å². The number of carbonyl (C=O) groups excluding carboxylic acids is 1. The van der Waals surface area contributed by atoms with Crippen molar-refractivity contribution in [3.8, 4) is 0 Å². The van der Waals surface area contributed by atoms with Crippen molar-refractivity contribution in [2.45, 2.75) is 12.5 Å². The monoisotopic (exact) mass is 159 g/mol. The molecule has 0 N–H and O–H groups in total. The second-order valence-electron chi connectivity index (χ2n) is 1.85. The van der Waals surface area contributed by atoms with E-state index in [9.17, 15) is 14.9 Å². The maximum absolute atomic E-state index is 10.6. The first-order valence-corrected chi connectivity index (χ1v) is 2.95. The predicted octanol–water partition coefficient (Wildman–Crippen LogP) is 0.381. The topological polar surface area (TPSA) is 69.4 Å². The standard InChI is InChI=1S/C6H9NO4/c1-3-4-5(7(9)10)6(8)11-2/h3,5H,1,4H2,2H3. The van der Waals surface area contributed by atoms with Gasteiger partial charge in [-0.25, -0.2) is 4.79 Å². The Morgan fingerprint density at radius 3 is 2.73 bits per heavy atom. The second-order valence-corrected chi connectivity index (χ2v) is 1.85. The fourth-order valence-corrected chi connectivity index (χ4v) is 0.562. The minimum absolute atomic E-state index is 0.000324. The molecule has 0 aliphatic heterocycles. The van der Waals surface area contributed by atoms with E-state index < -0.39 is 16.9 Å². The lowest BCUT2D eigenvalue weighted by Crippen LogP contribution is -2.29. The van der Waals surface area contributed by atoms with Gasteiger partial charge in [-0.15, -0.1) is 6.58 Å². The summed E-state index contributed by atoms with van der Waals surface area (Å²) in [6.07, 6.45) is 1.31. The van der Waals surface area contributed by atoms with Gasteiger partial charge in [-0.3, -0.25) is 10.1 Å². The van der Waals surface area contributed by atoms with Crippen LogP contribution in [-0.4, -0.2) is 24.0 Å². The number of hydrogen-bond donors (Lipinski definition) is 0. The first kappa shape index (κ1) is 9.61. The number of ether oxygens (including phenoxy) is 1. The van der Waals surface area contributed by atoms with Crippen LogP contribution in [0.3, 0.4) is 0 Å². The summed E-state index contributed by atoms with van der Waals surface area (Å²) in [5, 5.41) is 10.1. The van der Waals surface area contributed by atoms with E-state index in [0.29, 0.717) is 0 Å². The Hall–Kier alpha value is -1.39. The van der Waals surface area contributed by atoms with Crippen molar-refractivity contribution in [1.82, 2.24) is 0 Å². The van der Waals surface area contributed by atoms with E-state index >= 15 is 0 Å². The van der Waals surface area contributed by atoms with E-state index in [4.69, 9.17) is 0 Å². The number of esters is 1. The maximum atomic E-state index is 10.6.